The summed E-state index contributed by atoms with van der Waals surface area (Å²) in [5.74, 6) is -0.688. The molecule has 0 fully saturated rings. The molecule has 1 heterocycles. The van der Waals surface area contributed by atoms with Gasteiger partial charge in [-0.25, -0.2) is 14.2 Å². The predicted octanol–water partition coefficient (Wildman–Crippen LogP) is 1.89. The molecule has 0 aliphatic heterocycles. The molecule has 0 saturated heterocycles. The molecule has 1 aliphatic carbocycles. The van der Waals surface area contributed by atoms with Crippen LogP contribution in [0.15, 0.2) is 46.1 Å². The summed E-state index contributed by atoms with van der Waals surface area (Å²) in [5.41, 5.74) is 3.84. The Morgan fingerprint density at radius 1 is 1.26 bits per heavy atom. The van der Waals surface area contributed by atoms with Gasteiger partial charge >= 0.3 is 35.5 Å². The number of halogens is 1. The van der Waals surface area contributed by atoms with Gasteiger partial charge in [-0.05, 0) is 74.1 Å². The quantitative estimate of drug-likeness (QED) is 0.426. The van der Waals surface area contributed by atoms with Gasteiger partial charge in [-0.15, -0.1) is 11.3 Å². The van der Waals surface area contributed by atoms with E-state index in [1.54, 1.807) is 30.5 Å². The summed E-state index contributed by atoms with van der Waals surface area (Å²) in [6.45, 7) is 2.75. The maximum Gasteiger partial charge on any atom is 1.00 e. The standard InChI is InChI=1S/C24H25FN2O5S2.Na.H/c1-15(25)12-27(34(30,31)24-26-16(2)14-33-24)21-10-19-4-3-5-20(19)11-22(21)32-13-17-6-8-18(9-7-17)23(28)29;;/h6-11,14-15H,3-5,12-13H2,1-2H3,(H,28,29);;/q;+1;-1. The van der Waals surface area contributed by atoms with Crippen molar-refractivity contribution in [1.82, 2.24) is 4.98 Å². The van der Waals surface area contributed by atoms with Crippen LogP contribution in [-0.2, 0) is 29.5 Å². The normalized spacial score (nSPS) is 13.6. The van der Waals surface area contributed by atoms with E-state index in [2.05, 4.69) is 4.98 Å². The van der Waals surface area contributed by atoms with Crippen molar-refractivity contribution in [2.45, 2.75) is 50.2 Å². The molecule has 4 rings (SSSR count). The van der Waals surface area contributed by atoms with Crippen molar-refractivity contribution in [3.8, 4) is 5.75 Å². The molecule has 0 bridgehead atoms. The smallest absolute Gasteiger partial charge is 1.00 e. The van der Waals surface area contributed by atoms with Crippen molar-refractivity contribution in [2.24, 2.45) is 0 Å². The van der Waals surface area contributed by atoms with Crippen LogP contribution in [0.25, 0.3) is 0 Å². The van der Waals surface area contributed by atoms with E-state index in [1.807, 2.05) is 6.07 Å². The third-order valence-electron chi connectivity index (χ3n) is 5.56. The van der Waals surface area contributed by atoms with Crippen LogP contribution < -0.4 is 38.6 Å². The van der Waals surface area contributed by atoms with Gasteiger partial charge in [0.05, 0.1) is 17.8 Å². The van der Waals surface area contributed by atoms with E-state index in [-0.39, 0.29) is 59.7 Å². The Bertz CT molecular complexity index is 1320. The number of carboxylic acid groups (broad SMARTS) is 1. The predicted molar refractivity (Wildman–Crippen MR) is 129 cm³/mol. The zero-order chi connectivity index (χ0) is 24.5. The number of hydrogen-bond acceptors (Lipinski definition) is 6. The first-order valence-corrected chi connectivity index (χ1v) is 13.2. The maximum absolute atomic E-state index is 14.2. The first kappa shape index (κ1) is 27.6. The first-order valence-electron chi connectivity index (χ1n) is 10.8. The first-order chi connectivity index (χ1) is 16.1. The van der Waals surface area contributed by atoms with Crippen LogP contribution in [0.4, 0.5) is 10.1 Å². The number of aromatic carboxylic acids is 1. The van der Waals surface area contributed by atoms with E-state index >= 15 is 0 Å². The number of benzene rings is 2. The number of carboxylic acids is 1. The number of anilines is 1. The Hall–Kier alpha value is -1.98. The third-order valence-corrected chi connectivity index (χ3v) is 8.69. The molecule has 1 N–H and O–H groups in total. The molecule has 11 heteroatoms. The summed E-state index contributed by atoms with van der Waals surface area (Å²) >= 11 is 1.000. The summed E-state index contributed by atoms with van der Waals surface area (Å²) in [6.07, 6.45) is 1.21. The van der Waals surface area contributed by atoms with Gasteiger partial charge in [0.25, 0.3) is 10.0 Å². The molecule has 35 heavy (non-hydrogen) atoms. The third kappa shape index (κ3) is 6.24. The summed E-state index contributed by atoms with van der Waals surface area (Å²) in [5, 5.41) is 10.7. The molecule has 0 radical (unpaired) electrons. The van der Waals surface area contributed by atoms with Crippen LogP contribution in [0.5, 0.6) is 5.75 Å². The fourth-order valence-corrected chi connectivity index (χ4v) is 6.58. The molecule has 0 spiro atoms. The SMILES string of the molecule is Cc1csc(S(=O)(=O)N(CC(C)F)c2cc3c(cc2OCc2ccc(C(=O)O)cc2)CCC3)n1.[H-].[Na+]. The molecule has 2 aromatic carbocycles. The monoisotopic (exact) mass is 528 g/mol. The number of fused-ring (bicyclic) bond motifs is 1. The van der Waals surface area contributed by atoms with Gasteiger partial charge in [0.15, 0.2) is 0 Å². The van der Waals surface area contributed by atoms with Crippen molar-refractivity contribution in [3.05, 3.63) is 69.7 Å². The molecule has 0 amide bonds. The number of ether oxygens (including phenoxy) is 1. The van der Waals surface area contributed by atoms with E-state index in [1.165, 1.54) is 19.1 Å². The second-order valence-corrected chi connectivity index (χ2v) is 11.2. The zero-order valence-electron chi connectivity index (χ0n) is 20.8. The van der Waals surface area contributed by atoms with Gasteiger partial charge in [0.2, 0.25) is 4.34 Å². The summed E-state index contributed by atoms with van der Waals surface area (Å²) < 4.78 is 48.3. The van der Waals surface area contributed by atoms with Crippen LogP contribution in [0.3, 0.4) is 0 Å². The van der Waals surface area contributed by atoms with Gasteiger partial charge in [-0.3, -0.25) is 4.31 Å². The average Bonchev–Trinajstić information content (AvgIpc) is 3.44. The van der Waals surface area contributed by atoms with Crippen LogP contribution in [-0.4, -0.2) is 37.2 Å². The molecular weight excluding hydrogens is 502 g/mol. The van der Waals surface area contributed by atoms with E-state index in [0.717, 1.165) is 51.6 Å². The van der Waals surface area contributed by atoms with Crippen LogP contribution in [0.2, 0.25) is 0 Å². The summed E-state index contributed by atoms with van der Waals surface area (Å²) in [6, 6.07) is 9.88. The Kier molecular flexibility index (Phi) is 8.98. The van der Waals surface area contributed by atoms with Gasteiger partial charge in [0.1, 0.15) is 18.5 Å². The number of nitrogens with zero attached hydrogens (tertiary/aromatic N) is 2. The van der Waals surface area contributed by atoms with Crippen LogP contribution in [0, 0.1) is 6.92 Å². The second kappa shape index (κ2) is 11.4. The number of aryl methyl sites for hydroxylation is 3. The van der Waals surface area contributed by atoms with Crippen LogP contribution >= 0.6 is 11.3 Å². The van der Waals surface area contributed by atoms with Crippen LogP contribution in [0.1, 0.15) is 47.5 Å². The summed E-state index contributed by atoms with van der Waals surface area (Å²) in [4.78, 5) is 15.2. The second-order valence-electron chi connectivity index (χ2n) is 8.30. The Morgan fingerprint density at radius 3 is 2.49 bits per heavy atom. The topological polar surface area (TPSA) is 96.8 Å². The number of thiazole rings is 1. The molecule has 1 atom stereocenters. The number of hydrogen-bond donors (Lipinski definition) is 1. The van der Waals surface area contributed by atoms with Crippen molar-refractivity contribution in [3.63, 3.8) is 0 Å². The fourth-order valence-electron chi connectivity index (χ4n) is 3.90. The Labute approximate surface area is 231 Å². The van der Waals surface area contributed by atoms with Crippen molar-refractivity contribution in [2.75, 3.05) is 10.8 Å². The molecule has 3 aromatic rings. The van der Waals surface area contributed by atoms with E-state index in [0.29, 0.717) is 11.4 Å². The van der Waals surface area contributed by atoms with Gasteiger partial charge in [0, 0.05) is 11.1 Å². The number of rotatable bonds is 9. The maximum atomic E-state index is 14.2. The van der Waals surface area contributed by atoms with E-state index in [4.69, 9.17) is 9.84 Å². The number of alkyl halides is 1. The zero-order valence-corrected chi connectivity index (χ0v) is 23.5. The van der Waals surface area contributed by atoms with Gasteiger partial charge < -0.3 is 11.3 Å². The largest absolute Gasteiger partial charge is 1.00 e. The molecule has 0 saturated carbocycles. The average molecular weight is 529 g/mol. The van der Waals surface area contributed by atoms with Crippen molar-refractivity contribution >= 4 is 33.0 Å². The molecule has 7 nitrogen and oxygen atoms in total. The Morgan fingerprint density at radius 2 is 1.91 bits per heavy atom. The number of sulfonamides is 1. The minimum Gasteiger partial charge on any atom is -1.00 e. The number of carbonyl (C=O) groups is 1. The number of aromatic nitrogens is 1. The minimum atomic E-state index is -4.11. The van der Waals surface area contributed by atoms with E-state index in [9.17, 15) is 17.6 Å². The van der Waals surface area contributed by atoms with Crippen molar-refractivity contribution in [1.29, 1.82) is 0 Å². The Balaban J connectivity index is 0.00000228. The fraction of sp³-hybridized carbons (Fsp3) is 0.333. The molecule has 1 aromatic heterocycles. The molecular formula is C24H26FN2NaO5S2. The van der Waals surface area contributed by atoms with Gasteiger partial charge in [-0.2, -0.15) is 8.42 Å². The van der Waals surface area contributed by atoms with Gasteiger partial charge in [-0.1, -0.05) is 12.1 Å². The molecule has 1 unspecified atom stereocenters. The minimum absolute atomic E-state index is 0. The molecule has 1 aliphatic rings. The summed E-state index contributed by atoms with van der Waals surface area (Å²) in [7, 11) is -4.11. The van der Waals surface area contributed by atoms with E-state index < -0.39 is 22.2 Å². The molecule has 182 valence electrons. The van der Waals surface area contributed by atoms with Crippen molar-refractivity contribution < 1.29 is 58.4 Å².